The smallest absolute Gasteiger partial charge is 0.494 e. The van der Waals surface area contributed by atoms with E-state index in [9.17, 15) is 12.9 Å². The Bertz CT molecular complexity index is 353. The molecule has 0 bridgehead atoms. The van der Waals surface area contributed by atoms with Gasteiger partial charge in [0.1, 0.15) is 6.61 Å². The van der Waals surface area contributed by atoms with Crippen LogP contribution in [0.15, 0.2) is 24.3 Å². The monoisotopic (exact) mass is 247 g/mol. The van der Waals surface area contributed by atoms with Crippen molar-refractivity contribution in [3.8, 4) is 5.75 Å². The fourth-order valence-electron chi connectivity index (χ4n) is 1.32. The molecule has 96 valence electrons. The molecule has 1 aromatic rings. The van der Waals surface area contributed by atoms with E-state index in [2.05, 4.69) is 0 Å². The van der Waals surface area contributed by atoms with Crippen molar-refractivity contribution < 1.29 is 22.4 Å². The molecule has 0 saturated heterocycles. The predicted molar refractivity (Wildman–Crippen MR) is 61.7 cm³/mol. The molecule has 0 atom stereocenters. The van der Waals surface area contributed by atoms with Crippen LogP contribution in [0, 0.1) is 0 Å². The van der Waals surface area contributed by atoms with Crippen molar-refractivity contribution in [3.63, 3.8) is 0 Å². The summed E-state index contributed by atoms with van der Waals surface area (Å²) in [6, 6.07) is 5.21. The zero-order chi connectivity index (χ0) is 12.9. The average molecular weight is 247 g/mol. The van der Waals surface area contributed by atoms with Gasteiger partial charge in [0, 0.05) is 0 Å². The van der Waals surface area contributed by atoms with Crippen molar-refractivity contribution in [1.82, 2.24) is 0 Å². The molecular formula is C11H15BF3O2-. The second-order valence-electron chi connectivity index (χ2n) is 3.88. The van der Waals surface area contributed by atoms with E-state index < -0.39 is 12.4 Å². The van der Waals surface area contributed by atoms with Gasteiger partial charge in [0.15, 0.2) is 0 Å². The van der Waals surface area contributed by atoms with Gasteiger partial charge in [-0.3, -0.25) is 0 Å². The van der Waals surface area contributed by atoms with Crippen LogP contribution in [0.3, 0.4) is 0 Å². The highest BCUT2D eigenvalue weighted by molar-refractivity contribution is 6.74. The van der Waals surface area contributed by atoms with E-state index >= 15 is 0 Å². The summed E-state index contributed by atoms with van der Waals surface area (Å²) in [6.45, 7) is -0.943. The third-order valence-corrected chi connectivity index (χ3v) is 2.06. The lowest BCUT2D eigenvalue weighted by Crippen LogP contribution is -2.35. The van der Waals surface area contributed by atoms with Crippen molar-refractivity contribution in [2.45, 2.75) is 20.0 Å². The molecule has 0 amide bonds. The van der Waals surface area contributed by atoms with Crippen LogP contribution >= 0.6 is 0 Å². The van der Waals surface area contributed by atoms with Crippen molar-refractivity contribution in [2.75, 3.05) is 13.2 Å². The summed E-state index contributed by atoms with van der Waals surface area (Å²) < 4.78 is 48.2. The van der Waals surface area contributed by atoms with Crippen LogP contribution < -0.4 is 10.2 Å². The molecule has 0 N–H and O–H groups in total. The molecule has 0 aliphatic heterocycles. The molecule has 6 heteroatoms. The van der Waals surface area contributed by atoms with E-state index in [1.54, 1.807) is 0 Å². The van der Waals surface area contributed by atoms with Crippen molar-refractivity contribution in [1.29, 1.82) is 0 Å². The molecule has 0 fully saturated rings. The van der Waals surface area contributed by atoms with Gasteiger partial charge in [0.25, 0.3) is 0 Å². The van der Waals surface area contributed by atoms with E-state index in [0.29, 0.717) is 0 Å². The van der Waals surface area contributed by atoms with Crippen molar-refractivity contribution >= 4 is 12.4 Å². The third-order valence-electron chi connectivity index (χ3n) is 2.06. The van der Waals surface area contributed by atoms with Gasteiger partial charge in [-0.1, -0.05) is 23.7 Å². The quantitative estimate of drug-likeness (QED) is 0.568. The Balaban J connectivity index is 2.59. The zero-order valence-electron chi connectivity index (χ0n) is 9.83. The normalized spacial score (nSPS) is 11.9. The zero-order valence-corrected chi connectivity index (χ0v) is 9.83. The van der Waals surface area contributed by atoms with E-state index in [1.807, 2.05) is 13.8 Å². The molecule has 0 unspecified atom stereocenters. The Labute approximate surface area is 98.8 Å². The highest BCUT2D eigenvalue weighted by Crippen LogP contribution is 2.17. The number of benzene rings is 1. The fourth-order valence-corrected chi connectivity index (χ4v) is 1.32. The van der Waals surface area contributed by atoms with Gasteiger partial charge in [-0.05, 0) is 19.9 Å². The fraction of sp³-hybridized carbons (Fsp3) is 0.455. The molecule has 0 heterocycles. The molecular weight excluding hydrogens is 232 g/mol. The van der Waals surface area contributed by atoms with Crippen molar-refractivity contribution in [2.24, 2.45) is 0 Å². The van der Waals surface area contributed by atoms with Gasteiger partial charge in [-0.25, -0.2) is 0 Å². The second kappa shape index (κ2) is 5.96. The standard InChI is InChI=1S/C11H15BF3O2/c1-9(2)16-7-8-17-11-6-4-3-5-10(11)12(13,14)15/h3-6,9H,7-8H2,1-2H3/q-1. The minimum Gasteiger partial charge on any atom is -0.494 e. The molecule has 1 rings (SSSR count). The summed E-state index contributed by atoms with van der Waals surface area (Å²) in [7, 11) is 0. The summed E-state index contributed by atoms with van der Waals surface area (Å²) in [5, 5.41) is 0. The summed E-state index contributed by atoms with van der Waals surface area (Å²) in [5.74, 6) is -0.132. The molecule has 0 saturated carbocycles. The number of rotatable bonds is 6. The Morgan fingerprint density at radius 2 is 1.76 bits per heavy atom. The minimum atomic E-state index is -5.04. The maximum absolute atomic E-state index is 12.6. The Kier molecular flexibility index (Phi) is 4.87. The number of para-hydroxylation sites is 1. The lowest BCUT2D eigenvalue weighted by molar-refractivity contribution is 0.0554. The highest BCUT2D eigenvalue weighted by Gasteiger charge is 2.28. The molecule has 0 spiro atoms. The maximum atomic E-state index is 12.6. The molecule has 0 aliphatic carbocycles. The van der Waals surface area contributed by atoms with Crippen LogP contribution in [0.4, 0.5) is 12.9 Å². The van der Waals surface area contributed by atoms with Crippen LogP contribution in [0.1, 0.15) is 13.8 Å². The Hall–Kier alpha value is -1.17. The van der Waals surface area contributed by atoms with E-state index in [0.717, 1.165) is 6.07 Å². The topological polar surface area (TPSA) is 18.5 Å². The summed E-state index contributed by atoms with van der Waals surface area (Å²) in [5.41, 5.74) is -0.697. The van der Waals surface area contributed by atoms with Crippen LogP contribution in [0.25, 0.3) is 0 Å². The number of hydrogen-bond donors (Lipinski definition) is 0. The van der Waals surface area contributed by atoms with Gasteiger partial charge in [0.2, 0.25) is 0 Å². The average Bonchev–Trinajstić information content (AvgIpc) is 2.23. The maximum Gasteiger partial charge on any atom is 0.513 e. The first-order chi connectivity index (χ1) is 7.91. The minimum absolute atomic E-state index is 0.0423. The Morgan fingerprint density at radius 1 is 1.12 bits per heavy atom. The highest BCUT2D eigenvalue weighted by atomic mass is 19.4. The van der Waals surface area contributed by atoms with Crippen LogP contribution in [0.5, 0.6) is 5.75 Å². The van der Waals surface area contributed by atoms with Gasteiger partial charge in [0.05, 0.1) is 18.5 Å². The lowest BCUT2D eigenvalue weighted by atomic mass is 9.79. The number of ether oxygens (including phenoxy) is 2. The lowest BCUT2D eigenvalue weighted by Gasteiger charge is -2.19. The van der Waals surface area contributed by atoms with Crippen LogP contribution in [-0.4, -0.2) is 26.3 Å². The number of hydrogen-bond acceptors (Lipinski definition) is 2. The molecule has 1 aromatic carbocycles. The summed E-state index contributed by atoms with van der Waals surface area (Å²) in [4.78, 5) is 0. The third kappa shape index (κ3) is 4.69. The molecule has 0 aromatic heterocycles. The Morgan fingerprint density at radius 3 is 2.35 bits per heavy atom. The first-order valence-corrected chi connectivity index (χ1v) is 5.44. The van der Waals surface area contributed by atoms with E-state index in [4.69, 9.17) is 9.47 Å². The van der Waals surface area contributed by atoms with Crippen molar-refractivity contribution in [3.05, 3.63) is 24.3 Å². The van der Waals surface area contributed by atoms with Crippen LogP contribution in [-0.2, 0) is 4.74 Å². The summed E-state index contributed by atoms with van der Waals surface area (Å²) in [6.07, 6.45) is 0.0423. The van der Waals surface area contributed by atoms with Crippen LogP contribution in [0.2, 0.25) is 0 Å². The molecule has 0 aliphatic rings. The van der Waals surface area contributed by atoms with Gasteiger partial charge in [-0.15, -0.1) is 0 Å². The first-order valence-electron chi connectivity index (χ1n) is 5.44. The van der Waals surface area contributed by atoms with Gasteiger partial charge < -0.3 is 22.4 Å². The first kappa shape index (κ1) is 13.9. The SMILES string of the molecule is CC(C)OCCOc1ccccc1[B-](F)(F)F. The predicted octanol–water partition coefficient (Wildman–Crippen LogP) is 2.54. The summed E-state index contributed by atoms with van der Waals surface area (Å²) >= 11 is 0. The van der Waals surface area contributed by atoms with Gasteiger partial charge in [-0.2, -0.15) is 0 Å². The van der Waals surface area contributed by atoms with E-state index in [1.165, 1.54) is 18.2 Å². The molecule has 2 nitrogen and oxygen atoms in total. The molecule has 0 radical (unpaired) electrons. The molecule has 17 heavy (non-hydrogen) atoms. The largest absolute Gasteiger partial charge is 0.513 e. The van der Waals surface area contributed by atoms with Gasteiger partial charge >= 0.3 is 6.98 Å². The van der Waals surface area contributed by atoms with E-state index in [-0.39, 0.29) is 25.1 Å². The second-order valence-corrected chi connectivity index (χ2v) is 3.88. The number of halogens is 3.